The number of unbranched alkanes of at least 4 members (excludes halogenated alkanes) is 15. The van der Waals surface area contributed by atoms with E-state index in [4.69, 9.17) is 9.47 Å². The van der Waals surface area contributed by atoms with Crippen molar-refractivity contribution in [2.24, 2.45) is 4.99 Å². The fourth-order valence-electron chi connectivity index (χ4n) is 6.88. The van der Waals surface area contributed by atoms with Crippen molar-refractivity contribution in [1.82, 2.24) is 9.21 Å². The molecule has 0 aromatic heterocycles. The van der Waals surface area contributed by atoms with Crippen LogP contribution in [0, 0.1) is 6.92 Å². The lowest BCUT2D eigenvalue weighted by Gasteiger charge is -2.35. The van der Waals surface area contributed by atoms with Gasteiger partial charge in [-0.25, -0.2) is 27.9 Å². The largest absolute Gasteiger partial charge is 0.465 e. The summed E-state index contributed by atoms with van der Waals surface area (Å²) in [6.07, 6.45) is 17.5. The van der Waals surface area contributed by atoms with Gasteiger partial charge in [-0.2, -0.15) is 0 Å². The van der Waals surface area contributed by atoms with Crippen molar-refractivity contribution in [3.05, 3.63) is 53.6 Å². The zero-order chi connectivity index (χ0) is 39.3. The van der Waals surface area contributed by atoms with Crippen LogP contribution in [0.15, 0.2) is 52.4 Å². The summed E-state index contributed by atoms with van der Waals surface area (Å²) in [5.74, 6) is -2.66. The smallest absolute Gasteiger partial charge is 0.418 e. The second kappa shape index (κ2) is 19.9. The van der Waals surface area contributed by atoms with E-state index in [1.165, 1.54) is 116 Å². The van der Waals surface area contributed by atoms with E-state index in [9.17, 15) is 27.6 Å². The number of cyclic esters (lactones) is 1. The number of carbonyl (C=O) groups excluding carboxylic acids is 4. The van der Waals surface area contributed by atoms with E-state index < -0.39 is 45.5 Å². The number of rotatable bonds is 22. The quantitative estimate of drug-likeness (QED) is 0.0922. The summed E-state index contributed by atoms with van der Waals surface area (Å²) >= 11 is 0. The average Bonchev–Trinajstić information content (AvgIpc) is 3.34. The molecule has 2 aromatic carbocycles. The molecule has 4 rings (SSSR count). The number of para-hydroxylation sites is 1. The Labute approximate surface area is 321 Å². The highest BCUT2D eigenvalue weighted by molar-refractivity contribution is 7.90. The number of esters is 1. The van der Waals surface area contributed by atoms with Gasteiger partial charge < -0.3 is 14.8 Å². The third-order valence-corrected chi connectivity index (χ3v) is 11.9. The molecular formula is C41H58N4O8S. The number of ether oxygens (including phenoxy) is 2. The number of carbonyl (C=O) groups is 4. The molecule has 0 saturated carbocycles. The van der Waals surface area contributed by atoms with Gasteiger partial charge in [-0.05, 0) is 57.0 Å². The molecule has 2 heterocycles. The van der Waals surface area contributed by atoms with E-state index in [1.54, 1.807) is 25.1 Å². The third-order valence-electron chi connectivity index (χ3n) is 10.1. The minimum atomic E-state index is -4.26. The van der Waals surface area contributed by atoms with Crippen molar-refractivity contribution in [1.29, 1.82) is 0 Å². The maximum Gasteiger partial charge on any atom is 0.418 e. The minimum absolute atomic E-state index is 0.0188. The second-order valence-electron chi connectivity index (χ2n) is 14.8. The number of amidine groups is 1. The molecule has 1 N–H and O–H groups in total. The fourth-order valence-corrected chi connectivity index (χ4v) is 8.51. The van der Waals surface area contributed by atoms with Crippen molar-refractivity contribution in [3.8, 4) is 0 Å². The Morgan fingerprint density at radius 2 is 1.41 bits per heavy atom. The van der Waals surface area contributed by atoms with Crippen LogP contribution in [0.2, 0.25) is 0 Å². The zero-order valence-corrected chi connectivity index (χ0v) is 33.5. The predicted molar refractivity (Wildman–Crippen MR) is 209 cm³/mol. The summed E-state index contributed by atoms with van der Waals surface area (Å²) in [6, 6.07) is 8.89. The van der Waals surface area contributed by atoms with Crippen LogP contribution in [-0.2, 0) is 29.1 Å². The van der Waals surface area contributed by atoms with Gasteiger partial charge in [0.1, 0.15) is 4.90 Å². The SMILES string of the molecule is CCCCCCCCCCCCCCCCCCN1C(C(C(=O)Nc2cc(C(=O)OC)ccc2C)N2C(=O)OC(C)(C)C2=O)=Nc2ccccc2S1(=O)=O. The highest BCUT2D eigenvalue weighted by Gasteiger charge is 2.55. The van der Waals surface area contributed by atoms with Gasteiger partial charge in [0.2, 0.25) is 0 Å². The molecule has 1 atom stereocenters. The predicted octanol–water partition coefficient (Wildman–Crippen LogP) is 8.84. The molecule has 1 unspecified atom stereocenters. The maximum atomic E-state index is 14.4. The highest BCUT2D eigenvalue weighted by Crippen LogP contribution is 2.36. The first-order valence-corrected chi connectivity index (χ1v) is 21.0. The average molecular weight is 767 g/mol. The van der Waals surface area contributed by atoms with E-state index in [-0.39, 0.29) is 34.2 Å². The van der Waals surface area contributed by atoms with Crippen LogP contribution in [0.3, 0.4) is 0 Å². The number of anilines is 1. The fraction of sp³-hybridized carbons (Fsp3) is 0.585. The molecule has 13 heteroatoms. The summed E-state index contributed by atoms with van der Waals surface area (Å²) < 4.78 is 39.7. The molecule has 54 heavy (non-hydrogen) atoms. The number of hydrogen-bond donors (Lipinski definition) is 1. The van der Waals surface area contributed by atoms with Gasteiger partial charge >= 0.3 is 12.1 Å². The number of sulfonamides is 1. The number of imide groups is 1. The van der Waals surface area contributed by atoms with Crippen molar-refractivity contribution in [2.75, 3.05) is 19.0 Å². The first-order valence-electron chi connectivity index (χ1n) is 19.6. The Hall–Kier alpha value is -4.26. The van der Waals surface area contributed by atoms with Gasteiger partial charge in [0, 0.05) is 12.2 Å². The number of amides is 3. The number of benzene rings is 2. The summed E-state index contributed by atoms with van der Waals surface area (Å²) in [5, 5.41) is 2.72. The summed E-state index contributed by atoms with van der Waals surface area (Å²) in [5.41, 5.74) is -0.600. The van der Waals surface area contributed by atoms with Crippen molar-refractivity contribution < 1.29 is 37.1 Å². The molecule has 1 saturated heterocycles. The lowest BCUT2D eigenvalue weighted by molar-refractivity contribution is -0.137. The standard InChI is InChI=1S/C41H58N4O8S/c1-6-7-8-9-10-11-12-13-14-15-16-17-18-19-20-23-28-44-36(42-32-24-21-22-25-34(32)54(44,50)51)35(45-39(48)41(3,4)53-40(45)49)37(46)43-33-29-31(38(47)52-5)27-26-30(33)2/h21-22,24-27,29,35H,6-20,23,28H2,1-5H3,(H,43,46). The number of fused-ring (bicyclic) bond motifs is 1. The van der Waals surface area contributed by atoms with E-state index in [1.807, 2.05) is 0 Å². The van der Waals surface area contributed by atoms with Gasteiger partial charge in [0.05, 0.1) is 18.4 Å². The Kier molecular flexibility index (Phi) is 15.6. The monoisotopic (exact) mass is 766 g/mol. The molecule has 2 aromatic rings. The van der Waals surface area contributed by atoms with Gasteiger partial charge in [0.25, 0.3) is 21.8 Å². The Morgan fingerprint density at radius 3 is 1.94 bits per heavy atom. The Morgan fingerprint density at radius 1 is 0.852 bits per heavy atom. The third kappa shape index (κ3) is 10.7. The van der Waals surface area contributed by atoms with Gasteiger partial charge in [-0.1, -0.05) is 121 Å². The van der Waals surface area contributed by atoms with Crippen LogP contribution < -0.4 is 5.32 Å². The Bertz CT molecular complexity index is 1770. The molecule has 2 aliphatic heterocycles. The molecule has 0 radical (unpaired) electrons. The van der Waals surface area contributed by atoms with Crippen LogP contribution in [0.5, 0.6) is 0 Å². The summed E-state index contributed by atoms with van der Waals surface area (Å²) in [6.45, 7) is 6.72. The van der Waals surface area contributed by atoms with Crippen LogP contribution in [0.4, 0.5) is 16.2 Å². The minimum Gasteiger partial charge on any atom is -0.465 e. The molecule has 0 spiro atoms. The van der Waals surface area contributed by atoms with Gasteiger partial charge in [-0.15, -0.1) is 0 Å². The first-order chi connectivity index (χ1) is 25.8. The van der Waals surface area contributed by atoms with E-state index in [0.717, 1.165) is 30.0 Å². The summed E-state index contributed by atoms with van der Waals surface area (Å²) in [4.78, 5) is 58.9. The normalized spacial score (nSPS) is 16.4. The first kappa shape index (κ1) is 42.5. The van der Waals surface area contributed by atoms with E-state index in [0.29, 0.717) is 16.9 Å². The van der Waals surface area contributed by atoms with Crippen LogP contribution >= 0.6 is 0 Å². The number of aryl methyl sites for hydroxylation is 1. The molecule has 3 amide bonds. The molecule has 0 aliphatic carbocycles. The number of nitrogens with zero attached hydrogens (tertiary/aromatic N) is 3. The van der Waals surface area contributed by atoms with Gasteiger partial charge in [0.15, 0.2) is 17.5 Å². The molecule has 2 aliphatic rings. The Balaban J connectivity index is 1.48. The number of aliphatic imine (C=N–C) groups is 1. The molecule has 296 valence electrons. The molecule has 0 bridgehead atoms. The number of nitrogens with one attached hydrogen (secondary N) is 1. The number of hydrogen-bond acceptors (Lipinski definition) is 9. The second-order valence-corrected chi connectivity index (χ2v) is 16.6. The van der Waals surface area contributed by atoms with E-state index >= 15 is 0 Å². The lowest BCUT2D eigenvalue weighted by Crippen LogP contribution is -2.59. The molecule has 1 fully saturated rings. The highest BCUT2D eigenvalue weighted by atomic mass is 32.2. The van der Waals surface area contributed by atoms with Crippen molar-refractivity contribution in [3.63, 3.8) is 0 Å². The van der Waals surface area contributed by atoms with Gasteiger partial charge in [-0.3, -0.25) is 13.9 Å². The lowest BCUT2D eigenvalue weighted by atomic mass is 10.0. The van der Waals surface area contributed by atoms with E-state index in [2.05, 4.69) is 17.2 Å². The number of methoxy groups -OCH3 is 1. The van der Waals surface area contributed by atoms with Crippen molar-refractivity contribution in [2.45, 2.75) is 147 Å². The van der Waals surface area contributed by atoms with Crippen LogP contribution in [0.25, 0.3) is 0 Å². The maximum absolute atomic E-state index is 14.4. The zero-order valence-electron chi connectivity index (χ0n) is 32.7. The van der Waals surface area contributed by atoms with Crippen LogP contribution in [-0.4, -0.2) is 72.6 Å². The summed E-state index contributed by atoms with van der Waals surface area (Å²) in [7, 11) is -3.02. The molecule has 12 nitrogen and oxygen atoms in total. The van der Waals surface area contributed by atoms with Crippen molar-refractivity contribution >= 4 is 51.1 Å². The van der Waals surface area contributed by atoms with Crippen LogP contribution in [0.1, 0.15) is 139 Å². The topological polar surface area (TPSA) is 152 Å². The molecular weight excluding hydrogens is 709 g/mol.